The minimum atomic E-state index is -1.97. The van der Waals surface area contributed by atoms with Crippen LogP contribution in [0.4, 0.5) is 0 Å². The summed E-state index contributed by atoms with van der Waals surface area (Å²) in [6, 6.07) is 4.31. The Balaban J connectivity index is 2.65. The molecule has 3 N–H and O–H groups in total. The molecule has 0 fully saturated rings. The molecule has 0 spiro atoms. The van der Waals surface area contributed by atoms with Gasteiger partial charge in [0, 0.05) is 23.7 Å². The van der Waals surface area contributed by atoms with Gasteiger partial charge in [0.15, 0.2) is 11.2 Å². The highest BCUT2D eigenvalue weighted by Crippen LogP contribution is 2.30. The lowest BCUT2D eigenvalue weighted by Gasteiger charge is -2.11. The molecule has 0 aliphatic heterocycles. The van der Waals surface area contributed by atoms with Gasteiger partial charge in [-0.3, -0.25) is 4.79 Å². The Kier molecular flexibility index (Phi) is 3.03. The summed E-state index contributed by atoms with van der Waals surface area (Å²) in [5.74, 6) is 0.388. The van der Waals surface area contributed by atoms with Crippen molar-refractivity contribution in [2.75, 3.05) is 7.11 Å². The predicted molar refractivity (Wildman–Crippen MR) is 61.9 cm³/mol. The Labute approximate surface area is 96.6 Å². The molecule has 2 rings (SSSR count). The van der Waals surface area contributed by atoms with Crippen molar-refractivity contribution < 1.29 is 19.4 Å². The molecule has 0 aliphatic carbocycles. The number of pyridine rings is 1. The molecule has 88 valence electrons. The fraction of sp³-hybridized carbons (Fsp3) is 0.100. The molecule has 0 saturated carbocycles. The van der Waals surface area contributed by atoms with Gasteiger partial charge in [0.05, 0.1) is 12.6 Å². The van der Waals surface area contributed by atoms with E-state index >= 15 is 0 Å². The molecule has 1 aromatic carbocycles. The van der Waals surface area contributed by atoms with Crippen LogP contribution >= 0.6 is 0 Å². The Morgan fingerprint density at radius 2 is 2.06 bits per heavy atom. The molecule has 6 nitrogen and oxygen atoms in total. The van der Waals surface area contributed by atoms with Crippen molar-refractivity contribution in [2.24, 2.45) is 0 Å². The number of nitrogens with one attached hydrogen (secondary N) is 1. The molecule has 17 heavy (non-hydrogen) atoms. The zero-order valence-corrected chi connectivity index (χ0v) is 9.01. The van der Waals surface area contributed by atoms with Crippen LogP contribution < -0.4 is 14.8 Å². The van der Waals surface area contributed by atoms with E-state index in [1.165, 1.54) is 25.4 Å². The summed E-state index contributed by atoms with van der Waals surface area (Å²) in [7, 11) is -0.553. The lowest BCUT2D eigenvalue weighted by Crippen LogP contribution is -2.21. The van der Waals surface area contributed by atoms with E-state index in [1.54, 1.807) is 6.07 Å². The molecule has 0 amide bonds. The van der Waals surface area contributed by atoms with E-state index < -0.39 is 7.32 Å². The number of aromatic nitrogens is 1. The standard InChI is InChI=1S/C10H10BNO5/c1-16-9-5-7-6(8(13)2-3-12-7)4-10(9)17-11(14)15/h2-5,14-15H,1H3,(H,12,13). The fourth-order valence-electron chi connectivity index (χ4n) is 1.55. The molecule has 2 aromatic rings. The monoisotopic (exact) mass is 235 g/mol. The van der Waals surface area contributed by atoms with Gasteiger partial charge in [-0.1, -0.05) is 0 Å². The second-order valence-corrected chi connectivity index (χ2v) is 3.33. The topological polar surface area (TPSA) is 91.8 Å². The van der Waals surface area contributed by atoms with Gasteiger partial charge in [-0.05, 0) is 6.07 Å². The third-order valence-electron chi connectivity index (χ3n) is 2.28. The maximum absolute atomic E-state index is 11.6. The number of fused-ring (bicyclic) bond motifs is 1. The third-order valence-corrected chi connectivity index (χ3v) is 2.28. The summed E-state index contributed by atoms with van der Waals surface area (Å²) in [4.78, 5) is 14.5. The Hall–Kier alpha value is -1.99. The van der Waals surface area contributed by atoms with Crippen LogP contribution in [0.1, 0.15) is 0 Å². The average Bonchev–Trinajstić information content (AvgIpc) is 2.29. The Morgan fingerprint density at radius 3 is 2.71 bits per heavy atom. The van der Waals surface area contributed by atoms with Crippen molar-refractivity contribution in [3.8, 4) is 11.5 Å². The number of rotatable bonds is 3. The SMILES string of the molecule is COc1cc2[nH]ccc(=O)c2cc1OB(O)O. The van der Waals surface area contributed by atoms with E-state index in [-0.39, 0.29) is 11.2 Å². The second kappa shape index (κ2) is 4.48. The summed E-state index contributed by atoms with van der Waals surface area (Å²) >= 11 is 0. The van der Waals surface area contributed by atoms with Gasteiger partial charge in [-0.25, -0.2) is 0 Å². The fourth-order valence-corrected chi connectivity index (χ4v) is 1.55. The molecule has 0 bridgehead atoms. The normalized spacial score (nSPS) is 10.3. The quantitative estimate of drug-likeness (QED) is 0.645. The lowest BCUT2D eigenvalue weighted by molar-refractivity contribution is 0.280. The van der Waals surface area contributed by atoms with Gasteiger partial charge in [0.1, 0.15) is 5.75 Å². The summed E-state index contributed by atoms with van der Waals surface area (Å²) < 4.78 is 9.76. The molecule has 1 heterocycles. The van der Waals surface area contributed by atoms with E-state index in [9.17, 15) is 4.79 Å². The van der Waals surface area contributed by atoms with Crippen LogP contribution in [-0.2, 0) is 0 Å². The van der Waals surface area contributed by atoms with Crippen molar-refractivity contribution in [1.29, 1.82) is 0 Å². The molecule has 0 aliphatic rings. The zero-order chi connectivity index (χ0) is 12.4. The first-order valence-corrected chi connectivity index (χ1v) is 4.84. The zero-order valence-electron chi connectivity index (χ0n) is 9.01. The van der Waals surface area contributed by atoms with Gasteiger partial charge < -0.3 is 24.4 Å². The highest BCUT2D eigenvalue weighted by Gasteiger charge is 2.16. The van der Waals surface area contributed by atoms with E-state index in [0.29, 0.717) is 16.7 Å². The number of hydrogen-bond acceptors (Lipinski definition) is 5. The number of hydrogen-bond donors (Lipinski definition) is 3. The maximum Gasteiger partial charge on any atom is 0.707 e. The van der Waals surface area contributed by atoms with Crippen molar-refractivity contribution >= 4 is 18.2 Å². The van der Waals surface area contributed by atoms with Crippen molar-refractivity contribution in [2.45, 2.75) is 0 Å². The van der Waals surface area contributed by atoms with Gasteiger partial charge in [0.2, 0.25) is 0 Å². The number of H-pyrrole nitrogens is 1. The summed E-state index contributed by atoms with van der Waals surface area (Å²) in [5, 5.41) is 17.9. The first-order chi connectivity index (χ1) is 8.11. The van der Waals surface area contributed by atoms with E-state index in [1.807, 2.05) is 0 Å². The van der Waals surface area contributed by atoms with Crippen LogP contribution in [0.2, 0.25) is 0 Å². The second-order valence-electron chi connectivity index (χ2n) is 3.33. The van der Waals surface area contributed by atoms with Gasteiger partial charge in [-0.2, -0.15) is 0 Å². The summed E-state index contributed by atoms with van der Waals surface area (Å²) in [5.41, 5.74) is 0.382. The molecule has 1 aromatic heterocycles. The summed E-state index contributed by atoms with van der Waals surface area (Å²) in [6.07, 6.45) is 1.52. The van der Waals surface area contributed by atoms with Crippen LogP contribution in [0.15, 0.2) is 29.2 Å². The van der Waals surface area contributed by atoms with Gasteiger partial charge in [-0.15, -0.1) is 0 Å². The molecular formula is C10H10BNO5. The van der Waals surface area contributed by atoms with Crippen LogP contribution in [0.3, 0.4) is 0 Å². The Morgan fingerprint density at radius 1 is 1.29 bits per heavy atom. The number of ether oxygens (including phenoxy) is 1. The predicted octanol–water partition coefficient (Wildman–Crippen LogP) is -0.115. The van der Waals surface area contributed by atoms with Gasteiger partial charge in [0.25, 0.3) is 0 Å². The average molecular weight is 235 g/mol. The van der Waals surface area contributed by atoms with Crippen molar-refractivity contribution in [1.82, 2.24) is 4.98 Å². The lowest BCUT2D eigenvalue weighted by atomic mass is 10.1. The van der Waals surface area contributed by atoms with Crippen LogP contribution in [-0.4, -0.2) is 29.5 Å². The van der Waals surface area contributed by atoms with E-state index in [0.717, 1.165) is 0 Å². The van der Waals surface area contributed by atoms with Crippen molar-refractivity contribution in [3.63, 3.8) is 0 Å². The third kappa shape index (κ3) is 2.25. The highest BCUT2D eigenvalue weighted by molar-refractivity contribution is 6.33. The minimum absolute atomic E-state index is 0.0895. The van der Waals surface area contributed by atoms with Crippen LogP contribution in [0, 0.1) is 0 Å². The minimum Gasteiger partial charge on any atom is -0.509 e. The molecule has 0 unspecified atom stereocenters. The largest absolute Gasteiger partial charge is 0.707 e. The van der Waals surface area contributed by atoms with Gasteiger partial charge >= 0.3 is 7.32 Å². The molecule has 0 atom stereocenters. The molecule has 7 heteroatoms. The first-order valence-electron chi connectivity index (χ1n) is 4.84. The van der Waals surface area contributed by atoms with E-state index in [2.05, 4.69) is 4.98 Å². The van der Waals surface area contributed by atoms with E-state index in [4.69, 9.17) is 19.4 Å². The maximum atomic E-state index is 11.6. The number of aromatic amines is 1. The van der Waals surface area contributed by atoms with Crippen LogP contribution in [0.25, 0.3) is 10.9 Å². The smallest absolute Gasteiger partial charge is 0.509 e. The van der Waals surface area contributed by atoms with Crippen LogP contribution in [0.5, 0.6) is 11.5 Å². The Bertz CT molecular complexity index is 595. The van der Waals surface area contributed by atoms with Crippen molar-refractivity contribution in [3.05, 3.63) is 34.6 Å². The summed E-state index contributed by atoms with van der Waals surface area (Å²) in [6.45, 7) is 0. The molecular weight excluding hydrogens is 225 g/mol. The molecule has 0 radical (unpaired) electrons. The first kappa shape index (κ1) is 11.5. The number of benzene rings is 1. The highest BCUT2D eigenvalue weighted by atomic mass is 16.6. The molecule has 0 saturated heterocycles. The number of methoxy groups -OCH3 is 1.